The third-order valence-electron chi connectivity index (χ3n) is 4.12. The summed E-state index contributed by atoms with van der Waals surface area (Å²) in [6.07, 6.45) is 4.26. The predicted octanol–water partition coefficient (Wildman–Crippen LogP) is 5.08. The van der Waals surface area contributed by atoms with Crippen LogP contribution in [-0.4, -0.2) is 38.3 Å². The van der Waals surface area contributed by atoms with Crippen LogP contribution in [0.4, 0.5) is 8.78 Å². The number of unbranched alkanes of at least 4 members (excludes halogenated alkanes) is 1. The Hall–Kier alpha value is -3.73. The topological polar surface area (TPSA) is 113 Å². The number of benzene rings is 2. The predicted molar refractivity (Wildman–Crippen MR) is 116 cm³/mol. The Morgan fingerprint density at radius 3 is 2.58 bits per heavy atom. The first-order valence-corrected chi connectivity index (χ1v) is 10.0. The van der Waals surface area contributed by atoms with Crippen LogP contribution in [0.3, 0.4) is 0 Å². The Labute approximate surface area is 193 Å². The van der Waals surface area contributed by atoms with E-state index in [9.17, 15) is 8.78 Å². The van der Waals surface area contributed by atoms with Crippen LogP contribution < -0.4 is 4.74 Å². The molecule has 0 fully saturated rings. The van der Waals surface area contributed by atoms with E-state index in [-0.39, 0.29) is 11.3 Å². The molecule has 0 unspecified atom stereocenters. The smallest absolute Gasteiger partial charge is 0.291 e. The zero-order chi connectivity index (χ0) is 24.2. The third kappa shape index (κ3) is 8.73. The average molecular weight is 483 g/mol. The first-order valence-electron chi connectivity index (χ1n) is 9.63. The maximum atomic E-state index is 14.3. The lowest BCUT2D eigenvalue weighted by Gasteiger charge is -2.15. The highest BCUT2D eigenvalue weighted by Gasteiger charge is 2.15. The molecular formula is C21H21ClF2N4O5. The molecule has 0 aliphatic heterocycles. The molecule has 0 aliphatic carbocycles. The summed E-state index contributed by atoms with van der Waals surface area (Å²) in [6.45, 7) is 2.56. The molecule has 0 saturated heterocycles. The quantitative estimate of drug-likeness (QED) is 0.196. The van der Waals surface area contributed by atoms with Gasteiger partial charge in [-0.2, -0.15) is 5.10 Å². The van der Waals surface area contributed by atoms with E-state index in [1.165, 1.54) is 29.5 Å². The van der Waals surface area contributed by atoms with Crippen LogP contribution >= 0.6 is 11.6 Å². The largest absolute Gasteiger partial charge is 0.494 e. The van der Waals surface area contributed by atoms with Gasteiger partial charge in [-0.25, -0.2) is 18.4 Å². The highest BCUT2D eigenvalue weighted by atomic mass is 35.5. The van der Waals surface area contributed by atoms with Gasteiger partial charge in [-0.05, 0) is 50.1 Å². The molecule has 1 heterocycles. The van der Waals surface area contributed by atoms with Crippen LogP contribution in [-0.2, 0) is 4.74 Å². The second-order valence-electron chi connectivity index (χ2n) is 6.48. The molecule has 1 N–H and O–H groups in total. The van der Waals surface area contributed by atoms with Gasteiger partial charge >= 0.3 is 0 Å². The summed E-state index contributed by atoms with van der Waals surface area (Å²) < 4.78 is 40.6. The molecule has 12 heteroatoms. The van der Waals surface area contributed by atoms with Gasteiger partial charge in [-0.15, -0.1) is 10.1 Å². The Morgan fingerprint density at radius 2 is 1.94 bits per heavy atom. The molecule has 33 heavy (non-hydrogen) atoms. The molecule has 0 atom stereocenters. The van der Waals surface area contributed by atoms with Crippen molar-refractivity contribution in [2.24, 2.45) is 0 Å². The maximum absolute atomic E-state index is 14.3. The zero-order valence-corrected chi connectivity index (χ0v) is 18.3. The van der Waals surface area contributed by atoms with Crippen molar-refractivity contribution < 1.29 is 28.5 Å². The summed E-state index contributed by atoms with van der Waals surface area (Å²) in [5.41, 5.74) is 0.706. The van der Waals surface area contributed by atoms with Crippen LogP contribution in [0.15, 0.2) is 55.1 Å². The molecular weight excluding hydrogens is 462 g/mol. The monoisotopic (exact) mass is 482 g/mol. The molecule has 2 aromatic carbocycles. The Morgan fingerprint density at radius 1 is 1.21 bits per heavy atom. The maximum Gasteiger partial charge on any atom is 0.291 e. The first-order chi connectivity index (χ1) is 15.8. The van der Waals surface area contributed by atoms with Gasteiger partial charge in [0.1, 0.15) is 30.0 Å². The van der Waals surface area contributed by atoms with Crippen LogP contribution in [0, 0.1) is 21.7 Å². The van der Waals surface area contributed by atoms with Crippen molar-refractivity contribution in [2.45, 2.75) is 19.8 Å². The average Bonchev–Trinajstić information content (AvgIpc) is 3.28. The molecule has 9 nitrogen and oxygen atoms in total. The van der Waals surface area contributed by atoms with Gasteiger partial charge in [-0.3, -0.25) is 0 Å². The number of hydrogen-bond donors (Lipinski definition) is 1. The van der Waals surface area contributed by atoms with Crippen molar-refractivity contribution in [2.75, 3.05) is 13.2 Å². The minimum Gasteiger partial charge on any atom is -0.494 e. The minimum atomic E-state index is -1.50. The molecule has 0 saturated carbocycles. The number of hydrogen-bond acceptors (Lipinski definition) is 6. The van der Waals surface area contributed by atoms with Crippen molar-refractivity contribution in [1.82, 2.24) is 14.8 Å². The summed E-state index contributed by atoms with van der Waals surface area (Å²) >= 11 is 5.92. The number of halogens is 3. The molecule has 0 aliphatic rings. The highest BCUT2D eigenvalue weighted by molar-refractivity contribution is 6.30. The molecule has 176 valence electrons. The van der Waals surface area contributed by atoms with Crippen LogP contribution in [0.2, 0.25) is 5.02 Å². The number of ether oxygens (including phenoxy) is 2. The van der Waals surface area contributed by atoms with E-state index >= 15 is 0 Å². The standard InChI is InChI=1S/C21H20ClF2N3O2.HNO3/c1-15(27-14-25-13-26-27)21(19-8-7-17(23)12-20(19)24)29-10-3-2-9-28-18-6-4-5-16(22)11-18;2-1(3)4/h4-8,11-14H,2-3,9-10H2,1H3;(H,2,3,4)/b21-15-;. The lowest BCUT2D eigenvalue weighted by atomic mass is 10.1. The van der Waals surface area contributed by atoms with Crippen molar-refractivity contribution in [3.63, 3.8) is 0 Å². The van der Waals surface area contributed by atoms with E-state index in [0.717, 1.165) is 12.5 Å². The third-order valence-corrected chi connectivity index (χ3v) is 4.35. The van der Waals surface area contributed by atoms with Crippen molar-refractivity contribution in [1.29, 1.82) is 0 Å². The number of aromatic nitrogens is 3. The lowest BCUT2D eigenvalue weighted by molar-refractivity contribution is -0.742. The molecule has 0 bridgehead atoms. The summed E-state index contributed by atoms with van der Waals surface area (Å²) in [6, 6.07) is 10.5. The van der Waals surface area contributed by atoms with Gasteiger partial charge in [-0.1, -0.05) is 17.7 Å². The minimum absolute atomic E-state index is 0.162. The van der Waals surface area contributed by atoms with E-state index in [1.54, 1.807) is 19.1 Å². The van der Waals surface area contributed by atoms with E-state index < -0.39 is 16.7 Å². The summed E-state index contributed by atoms with van der Waals surface area (Å²) in [5.74, 6) is -0.371. The highest BCUT2D eigenvalue weighted by Crippen LogP contribution is 2.26. The fraction of sp³-hybridized carbons (Fsp3) is 0.238. The second-order valence-corrected chi connectivity index (χ2v) is 6.91. The molecule has 0 spiro atoms. The summed E-state index contributed by atoms with van der Waals surface area (Å²) in [7, 11) is 0. The van der Waals surface area contributed by atoms with E-state index in [2.05, 4.69) is 10.1 Å². The van der Waals surface area contributed by atoms with Gasteiger partial charge < -0.3 is 14.7 Å². The first kappa shape index (κ1) is 25.5. The van der Waals surface area contributed by atoms with E-state index in [1.807, 2.05) is 12.1 Å². The second kappa shape index (κ2) is 13.0. The van der Waals surface area contributed by atoms with Crippen molar-refractivity contribution in [3.8, 4) is 5.75 Å². The number of nitrogens with zero attached hydrogens (tertiary/aromatic N) is 4. The van der Waals surface area contributed by atoms with Crippen molar-refractivity contribution >= 4 is 23.1 Å². The van der Waals surface area contributed by atoms with E-state index in [0.29, 0.717) is 36.1 Å². The van der Waals surface area contributed by atoms with Crippen LogP contribution in [0.5, 0.6) is 5.75 Å². The van der Waals surface area contributed by atoms with Gasteiger partial charge in [0.05, 0.1) is 24.5 Å². The Bertz CT molecular complexity index is 1080. The fourth-order valence-electron chi connectivity index (χ4n) is 2.66. The Kier molecular flexibility index (Phi) is 10.0. The van der Waals surface area contributed by atoms with Crippen LogP contribution in [0.1, 0.15) is 25.3 Å². The van der Waals surface area contributed by atoms with E-state index in [4.69, 9.17) is 36.4 Å². The van der Waals surface area contributed by atoms with Crippen molar-refractivity contribution in [3.05, 3.63) is 87.5 Å². The van der Waals surface area contributed by atoms with Gasteiger partial charge in [0.2, 0.25) is 0 Å². The molecule has 1 aromatic heterocycles. The fourth-order valence-corrected chi connectivity index (χ4v) is 2.84. The van der Waals surface area contributed by atoms with Gasteiger partial charge in [0.25, 0.3) is 5.09 Å². The summed E-state index contributed by atoms with van der Waals surface area (Å²) in [5, 5.41) is 18.3. The normalized spacial score (nSPS) is 11.2. The lowest BCUT2D eigenvalue weighted by Crippen LogP contribution is -2.06. The molecule has 3 aromatic rings. The number of allylic oxidation sites excluding steroid dienone is 1. The van der Waals surface area contributed by atoms with Crippen LogP contribution in [0.25, 0.3) is 11.5 Å². The molecule has 3 rings (SSSR count). The number of rotatable bonds is 9. The SMILES string of the molecule is C/C(=C(/OCCCCOc1cccc(Cl)c1)c1ccc(F)cc1F)n1cncn1.O=[N+]([O-])O. The van der Waals surface area contributed by atoms with Gasteiger partial charge in [0.15, 0.2) is 5.76 Å². The zero-order valence-electron chi connectivity index (χ0n) is 17.5. The van der Waals surface area contributed by atoms with Gasteiger partial charge in [0, 0.05) is 11.1 Å². The Balaban J connectivity index is 0.000000890. The molecule has 0 amide bonds. The summed E-state index contributed by atoms with van der Waals surface area (Å²) in [4.78, 5) is 12.3. The molecule has 0 radical (unpaired) electrons.